The van der Waals surface area contributed by atoms with E-state index in [1.165, 1.54) is 13.8 Å². The number of ketones is 4. The van der Waals surface area contributed by atoms with Gasteiger partial charge in [0.1, 0.15) is 23.0 Å². The number of aromatic nitrogens is 2. The van der Waals surface area contributed by atoms with Gasteiger partial charge in [0, 0.05) is 5.56 Å². The minimum atomic E-state index is -0.512. The third-order valence-corrected chi connectivity index (χ3v) is 3.54. The summed E-state index contributed by atoms with van der Waals surface area (Å²) < 4.78 is 0. The van der Waals surface area contributed by atoms with Crippen LogP contribution in [-0.2, 0) is 9.59 Å². The molecule has 0 saturated heterocycles. The fraction of sp³-hybridized carbons (Fsp3) is 0.278. The topological polar surface area (TPSA) is 97.0 Å². The van der Waals surface area contributed by atoms with Crippen molar-refractivity contribution < 1.29 is 19.2 Å². The SMILES string of the molecule is CC(=O)CC(=O)c1[nH]nc(-c2ccccc2C)c1C(=O)CC(C)=O. The third-order valence-electron chi connectivity index (χ3n) is 3.54. The van der Waals surface area contributed by atoms with Gasteiger partial charge in [-0.2, -0.15) is 5.10 Å². The van der Waals surface area contributed by atoms with E-state index in [2.05, 4.69) is 10.2 Å². The van der Waals surface area contributed by atoms with E-state index in [9.17, 15) is 19.2 Å². The lowest BCUT2D eigenvalue weighted by Gasteiger charge is -2.06. The van der Waals surface area contributed by atoms with Crippen molar-refractivity contribution in [3.8, 4) is 11.3 Å². The molecule has 0 aliphatic rings. The monoisotopic (exact) mass is 326 g/mol. The average molecular weight is 326 g/mol. The van der Waals surface area contributed by atoms with Gasteiger partial charge in [0.25, 0.3) is 0 Å². The van der Waals surface area contributed by atoms with Gasteiger partial charge in [-0.15, -0.1) is 0 Å². The molecule has 0 spiro atoms. The molecule has 0 saturated carbocycles. The second kappa shape index (κ2) is 7.12. The molecule has 0 fully saturated rings. The van der Waals surface area contributed by atoms with Crippen LogP contribution in [0.3, 0.4) is 0 Å². The predicted octanol–water partition coefficient (Wildman–Crippen LogP) is 2.71. The molecule has 1 aromatic heterocycles. The quantitative estimate of drug-likeness (QED) is 0.623. The van der Waals surface area contributed by atoms with Crippen molar-refractivity contribution in [2.45, 2.75) is 33.6 Å². The van der Waals surface area contributed by atoms with E-state index in [-0.39, 0.29) is 35.7 Å². The van der Waals surface area contributed by atoms with Gasteiger partial charge in [0.2, 0.25) is 0 Å². The zero-order valence-corrected chi connectivity index (χ0v) is 13.8. The van der Waals surface area contributed by atoms with Crippen LogP contribution in [0.4, 0.5) is 0 Å². The summed E-state index contributed by atoms with van der Waals surface area (Å²) in [6, 6.07) is 7.30. The number of aryl methyl sites for hydroxylation is 1. The van der Waals surface area contributed by atoms with Gasteiger partial charge in [-0.3, -0.25) is 24.3 Å². The Hall–Kier alpha value is -2.89. The summed E-state index contributed by atoms with van der Waals surface area (Å²) >= 11 is 0. The molecule has 1 N–H and O–H groups in total. The molecule has 0 radical (unpaired) electrons. The number of hydrogen-bond donors (Lipinski definition) is 1. The van der Waals surface area contributed by atoms with Crippen LogP contribution in [0.1, 0.15) is 53.1 Å². The molecule has 6 nitrogen and oxygen atoms in total. The summed E-state index contributed by atoms with van der Waals surface area (Å²) in [5.41, 5.74) is 1.96. The second-order valence-electron chi connectivity index (χ2n) is 5.74. The Balaban J connectivity index is 2.60. The molecule has 24 heavy (non-hydrogen) atoms. The van der Waals surface area contributed by atoms with E-state index >= 15 is 0 Å². The van der Waals surface area contributed by atoms with Crippen molar-refractivity contribution in [3.05, 3.63) is 41.1 Å². The number of hydrogen-bond acceptors (Lipinski definition) is 5. The smallest absolute Gasteiger partial charge is 0.188 e. The van der Waals surface area contributed by atoms with Gasteiger partial charge in [-0.1, -0.05) is 24.3 Å². The van der Waals surface area contributed by atoms with E-state index in [0.29, 0.717) is 11.3 Å². The molecule has 6 heteroatoms. The summed E-state index contributed by atoms with van der Waals surface area (Å²) in [5.74, 6) is -1.61. The molecule has 124 valence electrons. The maximum Gasteiger partial charge on any atom is 0.188 e. The van der Waals surface area contributed by atoms with Crippen molar-refractivity contribution >= 4 is 23.1 Å². The van der Waals surface area contributed by atoms with Gasteiger partial charge in [0.15, 0.2) is 11.6 Å². The molecule has 1 heterocycles. The van der Waals surface area contributed by atoms with Crippen LogP contribution in [0.2, 0.25) is 0 Å². The number of nitrogens with one attached hydrogen (secondary N) is 1. The minimum Gasteiger partial charge on any atom is -0.300 e. The molecule has 0 unspecified atom stereocenters. The molecule has 0 aliphatic carbocycles. The van der Waals surface area contributed by atoms with Crippen LogP contribution < -0.4 is 0 Å². The minimum absolute atomic E-state index is 0.0188. The molecule has 0 amide bonds. The van der Waals surface area contributed by atoms with Crippen molar-refractivity contribution in [1.82, 2.24) is 10.2 Å². The molecular weight excluding hydrogens is 308 g/mol. The van der Waals surface area contributed by atoms with Gasteiger partial charge < -0.3 is 0 Å². The van der Waals surface area contributed by atoms with Crippen molar-refractivity contribution in [3.63, 3.8) is 0 Å². The van der Waals surface area contributed by atoms with Gasteiger partial charge in [-0.05, 0) is 26.3 Å². The molecule has 0 bridgehead atoms. The van der Waals surface area contributed by atoms with Gasteiger partial charge in [-0.25, -0.2) is 0 Å². The fourth-order valence-corrected chi connectivity index (χ4v) is 2.48. The summed E-state index contributed by atoms with van der Waals surface area (Å²) in [4.78, 5) is 47.3. The van der Waals surface area contributed by atoms with Crippen molar-refractivity contribution in [2.24, 2.45) is 0 Å². The number of carbonyl (C=O) groups is 4. The number of Topliss-reactive ketones (excluding diaryl/α,β-unsaturated/α-hetero) is 4. The molecule has 0 aliphatic heterocycles. The zero-order valence-electron chi connectivity index (χ0n) is 13.8. The largest absolute Gasteiger partial charge is 0.300 e. The normalized spacial score (nSPS) is 10.5. The third kappa shape index (κ3) is 3.71. The highest BCUT2D eigenvalue weighted by Crippen LogP contribution is 2.28. The van der Waals surface area contributed by atoms with Gasteiger partial charge in [0.05, 0.1) is 18.4 Å². The maximum atomic E-state index is 12.5. The number of rotatable bonds is 7. The van der Waals surface area contributed by atoms with Crippen molar-refractivity contribution in [2.75, 3.05) is 0 Å². The summed E-state index contributed by atoms with van der Waals surface area (Å²) in [7, 11) is 0. The molecule has 2 aromatic rings. The van der Waals surface area contributed by atoms with Crippen molar-refractivity contribution in [1.29, 1.82) is 0 Å². The predicted molar refractivity (Wildman–Crippen MR) is 88.0 cm³/mol. The first-order chi connectivity index (χ1) is 11.3. The highest BCUT2D eigenvalue weighted by Gasteiger charge is 2.27. The second-order valence-corrected chi connectivity index (χ2v) is 5.74. The lowest BCUT2D eigenvalue weighted by atomic mass is 9.95. The average Bonchev–Trinajstić information content (AvgIpc) is 2.91. The van der Waals surface area contributed by atoms with E-state index < -0.39 is 11.6 Å². The van der Waals surface area contributed by atoms with Crippen LogP contribution in [0.15, 0.2) is 24.3 Å². The van der Waals surface area contributed by atoms with Crippen LogP contribution in [0, 0.1) is 6.92 Å². The number of nitrogens with zero attached hydrogens (tertiary/aromatic N) is 1. The van der Waals surface area contributed by atoms with E-state index in [1.807, 2.05) is 19.1 Å². The Labute approximate surface area is 139 Å². The Morgan fingerprint density at radius 1 is 0.958 bits per heavy atom. The highest BCUT2D eigenvalue weighted by atomic mass is 16.2. The van der Waals surface area contributed by atoms with Gasteiger partial charge >= 0.3 is 0 Å². The Kier molecular flexibility index (Phi) is 5.18. The molecule has 0 atom stereocenters. The number of carbonyl (C=O) groups excluding carboxylic acids is 4. The number of H-pyrrole nitrogens is 1. The lowest BCUT2D eigenvalue weighted by molar-refractivity contribution is -0.117. The Morgan fingerprint density at radius 3 is 2.12 bits per heavy atom. The highest BCUT2D eigenvalue weighted by molar-refractivity contribution is 6.18. The van der Waals surface area contributed by atoms with Crippen LogP contribution in [0.25, 0.3) is 11.3 Å². The molecule has 2 rings (SSSR count). The first kappa shape index (κ1) is 17.5. The Morgan fingerprint density at radius 2 is 1.54 bits per heavy atom. The zero-order chi connectivity index (χ0) is 17.9. The summed E-state index contributed by atoms with van der Waals surface area (Å²) in [6.07, 6.45) is -0.644. The first-order valence-electron chi connectivity index (χ1n) is 7.51. The van der Waals surface area contributed by atoms with Crippen LogP contribution in [-0.4, -0.2) is 33.3 Å². The summed E-state index contributed by atoms with van der Waals surface area (Å²) in [6.45, 7) is 4.47. The Bertz CT molecular complexity index is 833. The van der Waals surface area contributed by atoms with E-state index in [4.69, 9.17) is 0 Å². The lowest BCUT2D eigenvalue weighted by Crippen LogP contribution is -2.13. The first-order valence-corrected chi connectivity index (χ1v) is 7.51. The number of benzene rings is 1. The summed E-state index contributed by atoms with van der Waals surface area (Å²) in [5, 5.41) is 6.69. The number of aromatic amines is 1. The molecule has 1 aromatic carbocycles. The maximum absolute atomic E-state index is 12.5. The fourth-order valence-electron chi connectivity index (χ4n) is 2.48. The van der Waals surface area contributed by atoms with Crippen LogP contribution in [0.5, 0.6) is 0 Å². The standard InChI is InChI=1S/C18H18N2O4/c1-10-6-4-5-7-13(10)17-16(14(23)8-11(2)21)18(20-19-17)15(24)9-12(3)22/h4-7H,8-9H2,1-3H3,(H,19,20). The van der Waals surface area contributed by atoms with E-state index in [0.717, 1.165) is 5.56 Å². The van der Waals surface area contributed by atoms with Crippen LogP contribution >= 0.6 is 0 Å². The molecular formula is C18H18N2O4. The van der Waals surface area contributed by atoms with E-state index in [1.54, 1.807) is 12.1 Å².